The third kappa shape index (κ3) is 2.70. The van der Waals surface area contributed by atoms with E-state index < -0.39 is 0 Å². The van der Waals surface area contributed by atoms with E-state index in [4.69, 9.17) is 22.1 Å². The first-order chi connectivity index (χ1) is 8.08. The second kappa shape index (κ2) is 4.94. The number of nitrogens with zero attached hydrogens (tertiary/aromatic N) is 1. The number of ether oxygens (including phenoxy) is 1. The molecular formula is C12H10BrClN2O. The fraction of sp³-hybridized carbons (Fsp3) is 0.0833. The Bertz CT molecular complexity index is 540. The van der Waals surface area contributed by atoms with Crippen molar-refractivity contribution in [2.75, 3.05) is 5.73 Å². The van der Waals surface area contributed by atoms with Crippen LogP contribution < -0.4 is 10.5 Å². The number of hydrogen-bond acceptors (Lipinski definition) is 3. The molecule has 0 spiro atoms. The summed E-state index contributed by atoms with van der Waals surface area (Å²) in [5.41, 5.74) is 7.34. The van der Waals surface area contributed by atoms with Gasteiger partial charge in [0.2, 0.25) is 5.88 Å². The molecular weight excluding hydrogens is 304 g/mol. The Balaban J connectivity index is 2.38. The molecule has 0 unspecified atom stereocenters. The van der Waals surface area contributed by atoms with Gasteiger partial charge in [-0.2, -0.15) is 0 Å². The van der Waals surface area contributed by atoms with E-state index in [0.29, 0.717) is 22.3 Å². The Labute approximate surface area is 113 Å². The van der Waals surface area contributed by atoms with E-state index in [1.165, 1.54) is 0 Å². The zero-order chi connectivity index (χ0) is 12.4. The highest BCUT2D eigenvalue weighted by Crippen LogP contribution is 2.34. The number of rotatable bonds is 2. The van der Waals surface area contributed by atoms with Gasteiger partial charge in [-0.1, -0.05) is 23.7 Å². The third-order valence-electron chi connectivity index (χ3n) is 2.22. The van der Waals surface area contributed by atoms with Gasteiger partial charge < -0.3 is 10.5 Å². The third-order valence-corrected chi connectivity index (χ3v) is 2.92. The van der Waals surface area contributed by atoms with Crippen molar-refractivity contribution < 1.29 is 4.74 Å². The molecule has 1 aromatic carbocycles. The molecule has 1 aromatic heterocycles. The minimum atomic E-state index is 0.343. The van der Waals surface area contributed by atoms with Crippen molar-refractivity contribution in [2.45, 2.75) is 6.92 Å². The predicted octanol–water partition coefficient (Wildman–Crippen LogP) is 4.18. The maximum Gasteiger partial charge on any atom is 0.238 e. The number of anilines is 1. The zero-order valence-electron chi connectivity index (χ0n) is 9.08. The highest BCUT2D eigenvalue weighted by Gasteiger charge is 2.09. The monoisotopic (exact) mass is 312 g/mol. The Kier molecular flexibility index (Phi) is 3.54. The molecule has 5 heteroatoms. The first-order valence-electron chi connectivity index (χ1n) is 4.92. The number of pyridine rings is 1. The van der Waals surface area contributed by atoms with Crippen LogP contribution in [-0.2, 0) is 0 Å². The number of aryl methyl sites for hydroxylation is 1. The van der Waals surface area contributed by atoms with Gasteiger partial charge in [-0.25, -0.2) is 4.98 Å². The summed E-state index contributed by atoms with van der Waals surface area (Å²) >= 11 is 9.31. The molecule has 2 rings (SSSR count). The molecule has 0 saturated carbocycles. The molecule has 0 radical (unpaired) electrons. The van der Waals surface area contributed by atoms with Gasteiger partial charge in [-0.3, -0.25) is 0 Å². The summed E-state index contributed by atoms with van der Waals surface area (Å²) in [6.07, 6.45) is 1.62. The van der Waals surface area contributed by atoms with Gasteiger partial charge in [0.1, 0.15) is 5.02 Å². The number of halogens is 2. The standard InChI is InChI=1S/C12H10BrClN2O/c1-7-3-2-4-10(15)11(7)17-12-9(14)5-8(13)6-16-12/h2-6H,15H2,1H3. The molecule has 0 amide bonds. The van der Waals surface area contributed by atoms with Crippen LogP contribution in [0.1, 0.15) is 5.56 Å². The van der Waals surface area contributed by atoms with E-state index in [1.807, 2.05) is 19.1 Å². The summed E-state index contributed by atoms with van der Waals surface area (Å²) in [5, 5.41) is 0.432. The second-order valence-electron chi connectivity index (χ2n) is 3.54. The van der Waals surface area contributed by atoms with E-state index in [-0.39, 0.29) is 0 Å². The van der Waals surface area contributed by atoms with E-state index in [1.54, 1.807) is 18.3 Å². The maximum absolute atomic E-state index is 6.03. The predicted molar refractivity (Wildman–Crippen MR) is 72.6 cm³/mol. The van der Waals surface area contributed by atoms with Gasteiger partial charge in [-0.05, 0) is 40.5 Å². The first kappa shape index (κ1) is 12.2. The van der Waals surface area contributed by atoms with Gasteiger partial charge in [-0.15, -0.1) is 0 Å². The zero-order valence-corrected chi connectivity index (χ0v) is 11.4. The van der Waals surface area contributed by atoms with Crippen molar-refractivity contribution in [3.05, 3.63) is 45.5 Å². The molecule has 17 heavy (non-hydrogen) atoms. The lowest BCUT2D eigenvalue weighted by molar-refractivity contribution is 0.462. The minimum absolute atomic E-state index is 0.343. The molecule has 88 valence electrons. The molecule has 0 aliphatic carbocycles. The number of nitrogens with two attached hydrogens (primary N) is 1. The Hall–Kier alpha value is -1.26. The van der Waals surface area contributed by atoms with Crippen LogP contribution in [0.15, 0.2) is 34.9 Å². The fourth-order valence-corrected chi connectivity index (χ4v) is 2.06. The second-order valence-corrected chi connectivity index (χ2v) is 4.86. The molecule has 2 N–H and O–H groups in total. The number of para-hydroxylation sites is 1. The molecule has 0 fully saturated rings. The lowest BCUT2D eigenvalue weighted by Crippen LogP contribution is -1.96. The minimum Gasteiger partial charge on any atom is -0.435 e. The largest absolute Gasteiger partial charge is 0.435 e. The van der Waals surface area contributed by atoms with Crippen molar-refractivity contribution >= 4 is 33.2 Å². The van der Waals surface area contributed by atoms with E-state index in [2.05, 4.69) is 20.9 Å². The highest BCUT2D eigenvalue weighted by molar-refractivity contribution is 9.10. The average Bonchev–Trinajstić information content (AvgIpc) is 2.26. The van der Waals surface area contributed by atoms with Crippen LogP contribution in [0.2, 0.25) is 5.02 Å². The number of benzene rings is 1. The van der Waals surface area contributed by atoms with Gasteiger partial charge in [0.25, 0.3) is 0 Å². The van der Waals surface area contributed by atoms with Crippen molar-refractivity contribution in [2.24, 2.45) is 0 Å². The van der Waals surface area contributed by atoms with Crippen LogP contribution in [0.3, 0.4) is 0 Å². The number of aromatic nitrogens is 1. The van der Waals surface area contributed by atoms with E-state index in [9.17, 15) is 0 Å². The van der Waals surface area contributed by atoms with E-state index >= 15 is 0 Å². The van der Waals surface area contributed by atoms with Gasteiger partial charge in [0.05, 0.1) is 5.69 Å². The molecule has 0 bridgehead atoms. The van der Waals surface area contributed by atoms with Crippen molar-refractivity contribution in [3.8, 4) is 11.6 Å². The fourth-order valence-electron chi connectivity index (χ4n) is 1.39. The first-order valence-corrected chi connectivity index (χ1v) is 6.09. The topological polar surface area (TPSA) is 48.1 Å². The summed E-state index contributed by atoms with van der Waals surface area (Å²) < 4.78 is 6.44. The number of nitrogen functional groups attached to an aromatic ring is 1. The van der Waals surface area contributed by atoms with Crippen molar-refractivity contribution in [3.63, 3.8) is 0 Å². The maximum atomic E-state index is 6.03. The molecule has 3 nitrogen and oxygen atoms in total. The van der Waals surface area contributed by atoms with Gasteiger partial charge in [0, 0.05) is 10.7 Å². The normalized spacial score (nSPS) is 10.3. The van der Waals surface area contributed by atoms with Crippen molar-refractivity contribution in [1.82, 2.24) is 4.98 Å². The Morgan fingerprint density at radius 2 is 2.18 bits per heavy atom. The smallest absolute Gasteiger partial charge is 0.238 e. The Morgan fingerprint density at radius 1 is 1.41 bits per heavy atom. The summed E-state index contributed by atoms with van der Waals surface area (Å²) in [6, 6.07) is 7.28. The SMILES string of the molecule is Cc1cccc(N)c1Oc1ncc(Br)cc1Cl. The molecule has 0 saturated heterocycles. The molecule has 0 aliphatic rings. The van der Waals surface area contributed by atoms with Gasteiger partial charge >= 0.3 is 0 Å². The molecule has 1 heterocycles. The molecule has 0 atom stereocenters. The summed E-state index contributed by atoms with van der Waals surface area (Å²) in [7, 11) is 0. The molecule has 0 aliphatic heterocycles. The van der Waals surface area contributed by atoms with Crippen LogP contribution >= 0.6 is 27.5 Å². The summed E-state index contributed by atoms with van der Waals surface area (Å²) in [6.45, 7) is 1.92. The van der Waals surface area contributed by atoms with Gasteiger partial charge in [0.15, 0.2) is 5.75 Å². The lowest BCUT2D eigenvalue weighted by Gasteiger charge is -2.11. The van der Waals surface area contributed by atoms with E-state index in [0.717, 1.165) is 10.0 Å². The lowest BCUT2D eigenvalue weighted by atomic mass is 10.2. The average molecular weight is 314 g/mol. The molecule has 2 aromatic rings. The van der Waals surface area contributed by atoms with Crippen LogP contribution in [-0.4, -0.2) is 4.98 Å². The van der Waals surface area contributed by atoms with Crippen molar-refractivity contribution in [1.29, 1.82) is 0 Å². The van der Waals surface area contributed by atoms with Crippen LogP contribution in [0.5, 0.6) is 11.6 Å². The highest BCUT2D eigenvalue weighted by atomic mass is 79.9. The quantitative estimate of drug-likeness (QED) is 0.846. The van der Waals surface area contributed by atoms with Crippen LogP contribution in [0, 0.1) is 6.92 Å². The van der Waals surface area contributed by atoms with Crippen LogP contribution in [0.4, 0.5) is 5.69 Å². The number of hydrogen-bond donors (Lipinski definition) is 1. The Morgan fingerprint density at radius 3 is 2.82 bits per heavy atom. The summed E-state index contributed by atoms with van der Waals surface area (Å²) in [5.74, 6) is 0.931. The summed E-state index contributed by atoms with van der Waals surface area (Å²) in [4.78, 5) is 4.10. The van der Waals surface area contributed by atoms with Crippen LogP contribution in [0.25, 0.3) is 0 Å².